The Balaban J connectivity index is 0.896. The Morgan fingerprint density at radius 1 is 0.538 bits per heavy atom. The van der Waals surface area contributed by atoms with Crippen molar-refractivity contribution in [2.75, 3.05) is 104 Å². The number of nitrogens with zero attached hydrogens (tertiary/aromatic N) is 1. The maximum Gasteiger partial charge on any atom is 0.326 e. The van der Waals surface area contributed by atoms with E-state index in [1.54, 1.807) is 18.7 Å². The van der Waals surface area contributed by atoms with Crippen molar-refractivity contribution in [1.29, 1.82) is 0 Å². The number of phenols is 1. The van der Waals surface area contributed by atoms with Crippen LogP contribution in [0, 0.1) is 11.6 Å². The Kier molecular flexibility index (Phi) is 52.7. The van der Waals surface area contributed by atoms with E-state index < -0.39 is 161 Å². The SMILES string of the molecule is CCCCCCCCCCCCCCCC(=O)N[C@@H](CCC(=O)NCCOCCOCC(=O)NCCOCCOCC(=O)NCCCC[C@@H]1NC(=O)[C@H](Cc2c[nH]c3ccc(F)cc23)NC(=O)[C@H](Cc2c[nH]c3ccc(F)cc23)NC(=O)[C@@H](C)NC(=O)[C@H](CCCCN)NC(=O)CCSCc2cccc(c2)CSCCNC(=O)[C@]2(C)CCCN2C(=O)[C@H](Cc2ccc(O)cc2)NC(=O)C([C@@H](C)O)NC1=O)C(=O)O. The molecule has 2 aromatic heterocycles. The molecular formula is C102H148F2N16O21S2. The fourth-order valence-electron chi connectivity index (χ4n) is 16.8. The lowest BCUT2D eigenvalue weighted by Crippen LogP contribution is -2.63. The molecule has 6 aromatic rings. The number of H-pyrrole nitrogens is 2. The molecule has 2 aliphatic rings. The number of hydrogen-bond acceptors (Lipinski definition) is 23. The molecule has 37 nitrogen and oxygen atoms in total. The zero-order chi connectivity index (χ0) is 103. The molecular weight excluding hydrogens is 1890 g/mol. The van der Waals surface area contributed by atoms with Crippen molar-refractivity contribution in [3.8, 4) is 5.75 Å². The maximum atomic E-state index is 15.6. The molecule has 0 radical (unpaired) electrons. The average Bonchev–Trinajstić information content (AvgIpc) is 1.57. The van der Waals surface area contributed by atoms with E-state index in [0.717, 1.165) is 30.4 Å². The van der Waals surface area contributed by atoms with Gasteiger partial charge in [-0.05, 0) is 168 Å². The molecule has 19 N–H and O–H groups in total. The Labute approximate surface area is 843 Å². The summed E-state index contributed by atoms with van der Waals surface area (Å²) in [5.74, 6) is -9.72. The van der Waals surface area contributed by atoms with Crippen molar-refractivity contribution in [2.45, 2.75) is 279 Å². The second kappa shape index (κ2) is 64.4. The largest absolute Gasteiger partial charge is 0.508 e. The molecule has 1 unspecified atom stereocenters. The number of carboxylic acid groups (broad SMARTS) is 1. The summed E-state index contributed by atoms with van der Waals surface area (Å²) in [7, 11) is 0. The number of aromatic amines is 2. The summed E-state index contributed by atoms with van der Waals surface area (Å²) >= 11 is 3.09. The number of fused-ring (bicyclic) bond motifs is 5. The summed E-state index contributed by atoms with van der Waals surface area (Å²) in [6.07, 6.45) is 17.1. The highest BCUT2D eigenvalue weighted by atomic mass is 32.2. The lowest BCUT2D eigenvalue weighted by atomic mass is 9.95. The van der Waals surface area contributed by atoms with Crippen LogP contribution in [0.15, 0.2) is 97.3 Å². The van der Waals surface area contributed by atoms with E-state index in [2.05, 4.69) is 86.8 Å². The van der Waals surface area contributed by atoms with Gasteiger partial charge in [-0.1, -0.05) is 120 Å². The second-order valence-electron chi connectivity index (χ2n) is 36.6. The minimum absolute atomic E-state index is 0.0126. The molecule has 0 saturated carbocycles. The number of amides is 13. The summed E-state index contributed by atoms with van der Waals surface area (Å²) < 4.78 is 52.4. The Morgan fingerprint density at radius 3 is 1.62 bits per heavy atom. The summed E-state index contributed by atoms with van der Waals surface area (Å²) in [6.45, 7) is 6.97. The van der Waals surface area contributed by atoms with Gasteiger partial charge in [0.1, 0.15) is 84.5 Å². The van der Waals surface area contributed by atoms with E-state index in [9.17, 15) is 58.5 Å². The Morgan fingerprint density at radius 2 is 1.05 bits per heavy atom. The van der Waals surface area contributed by atoms with Gasteiger partial charge < -0.3 is 119 Å². The van der Waals surface area contributed by atoms with Crippen molar-refractivity contribution < 1.29 is 110 Å². The number of hydrogen-bond donors (Lipinski definition) is 18. The monoisotopic (exact) mass is 2040 g/mol. The number of benzene rings is 4. The van der Waals surface area contributed by atoms with Crippen molar-refractivity contribution in [3.63, 3.8) is 0 Å². The highest BCUT2D eigenvalue weighted by Crippen LogP contribution is 2.32. The third kappa shape index (κ3) is 42.5. The van der Waals surface area contributed by atoms with Gasteiger partial charge in [-0.3, -0.25) is 62.3 Å². The number of carbonyl (C=O) groups is 14. The van der Waals surface area contributed by atoms with Gasteiger partial charge in [-0.2, -0.15) is 23.5 Å². The number of nitrogens with one attached hydrogen (secondary N) is 14. The summed E-state index contributed by atoms with van der Waals surface area (Å²) in [6, 6.07) is 9.41. The summed E-state index contributed by atoms with van der Waals surface area (Å²) in [4.78, 5) is 204. The van der Waals surface area contributed by atoms with Crippen molar-refractivity contribution >= 4 is 128 Å². The van der Waals surface area contributed by atoms with Gasteiger partial charge in [-0.15, -0.1) is 0 Å². The summed E-state index contributed by atoms with van der Waals surface area (Å²) in [5.41, 5.74) is 8.39. The number of aliphatic carboxylic acids is 1. The van der Waals surface area contributed by atoms with Crippen LogP contribution in [-0.2, 0) is 117 Å². The quantitative estimate of drug-likeness (QED) is 0.0170. The first-order valence-corrected chi connectivity index (χ1v) is 52.5. The minimum Gasteiger partial charge on any atom is -0.508 e. The first-order chi connectivity index (χ1) is 68.9. The third-order valence-electron chi connectivity index (χ3n) is 24.9. The van der Waals surface area contributed by atoms with Crippen LogP contribution in [0.2, 0.25) is 0 Å². The molecule has 1 saturated heterocycles. The zero-order valence-electron chi connectivity index (χ0n) is 82.7. The minimum atomic E-state index is -1.88. The van der Waals surface area contributed by atoms with Crippen LogP contribution in [0.25, 0.3) is 21.8 Å². The van der Waals surface area contributed by atoms with E-state index in [1.165, 1.54) is 161 Å². The summed E-state index contributed by atoms with van der Waals surface area (Å²) in [5, 5.41) is 64.8. The molecule has 0 spiro atoms. The molecule has 41 heteroatoms. The number of carboxylic acids is 1. The molecule has 8 rings (SSSR count). The molecule has 13 amide bonds. The van der Waals surface area contributed by atoms with Gasteiger partial charge in [-0.25, -0.2) is 13.6 Å². The predicted octanol–water partition coefficient (Wildman–Crippen LogP) is 7.07. The van der Waals surface area contributed by atoms with Gasteiger partial charge in [0.2, 0.25) is 76.8 Å². The number of ether oxygens (including phenoxy) is 4. The average molecular weight is 2040 g/mol. The fraction of sp³-hybridized carbons (Fsp3) is 0.588. The molecule has 2 bridgehead atoms. The van der Waals surface area contributed by atoms with Crippen LogP contribution in [0.3, 0.4) is 0 Å². The number of aliphatic hydroxyl groups excluding tert-OH is 1. The van der Waals surface area contributed by atoms with Crippen molar-refractivity contribution in [3.05, 3.63) is 137 Å². The number of phenolic OH excluding ortho intramolecular Hbond substituents is 1. The highest BCUT2D eigenvalue weighted by molar-refractivity contribution is 7.98. The topological polar surface area (TPSA) is 542 Å². The van der Waals surface area contributed by atoms with Gasteiger partial charge in [0, 0.05) is 128 Å². The van der Waals surface area contributed by atoms with Gasteiger partial charge in [0.25, 0.3) is 0 Å². The Hall–Kier alpha value is -11.3. The molecule has 1 fully saturated rings. The number of aromatic nitrogens is 2. The van der Waals surface area contributed by atoms with Crippen molar-refractivity contribution in [1.82, 2.24) is 78.7 Å². The highest BCUT2D eigenvalue weighted by Gasteiger charge is 2.48. The number of carbonyl (C=O) groups excluding carboxylic acids is 13. The molecule has 4 heterocycles. The van der Waals surface area contributed by atoms with E-state index >= 15 is 32.8 Å². The van der Waals surface area contributed by atoms with Crippen LogP contribution in [0.1, 0.15) is 216 Å². The first-order valence-electron chi connectivity index (χ1n) is 50.2. The maximum absolute atomic E-state index is 15.6. The fourth-order valence-corrected chi connectivity index (χ4v) is 18.5. The number of rotatable bonds is 51. The van der Waals surface area contributed by atoms with Crippen LogP contribution in [0.4, 0.5) is 8.78 Å². The molecule has 0 aliphatic carbocycles. The van der Waals surface area contributed by atoms with Gasteiger partial charge in [0.15, 0.2) is 0 Å². The van der Waals surface area contributed by atoms with E-state index in [1.807, 2.05) is 18.2 Å². The smallest absolute Gasteiger partial charge is 0.326 e. The predicted molar refractivity (Wildman–Crippen MR) is 541 cm³/mol. The molecule has 143 heavy (non-hydrogen) atoms. The van der Waals surface area contributed by atoms with Crippen LogP contribution < -0.4 is 69.5 Å². The molecule has 4 aromatic carbocycles. The van der Waals surface area contributed by atoms with E-state index in [-0.39, 0.29) is 172 Å². The lowest BCUT2D eigenvalue weighted by molar-refractivity contribution is -0.147. The van der Waals surface area contributed by atoms with Gasteiger partial charge in [0.05, 0.1) is 45.7 Å². The zero-order valence-corrected chi connectivity index (χ0v) is 84.4. The normalized spacial score (nSPS) is 19.8. The van der Waals surface area contributed by atoms with E-state index in [4.69, 9.17) is 24.7 Å². The van der Waals surface area contributed by atoms with Crippen LogP contribution >= 0.6 is 23.5 Å². The second-order valence-corrected chi connectivity index (χ2v) is 38.8. The number of aliphatic hydroxyl groups is 1. The lowest BCUT2D eigenvalue weighted by Gasteiger charge is -2.37. The number of thioether (sulfide) groups is 2. The number of unbranched alkanes of at least 4 members (excludes halogenated alkanes) is 14. The van der Waals surface area contributed by atoms with Crippen LogP contribution in [-0.4, -0.2) is 277 Å². The molecule has 10 atom stereocenters. The number of nitrogens with two attached hydrogens (primary N) is 1. The number of aromatic hydroxyl groups is 1. The standard InChI is InChI=1S/C102H148F2N16O21S2/c1-5-6-7-8-9-10-11-12-13-14-15-16-17-28-88(124)114-83(100(135)136)37-38-87(123)107-43-47-138-49-52-141-64-91(127)108-44-48-139-50-51-140-63-90(126)106-42-21-19-27-82-95(130)119-92(68(3)121)98(133)118-86(56-69-29-33-76(122)34-30-69)99(134)120-46-23-40-102(120,4)101(137)109-45-54-143-66-71-25-22-24-70(55-71)65-142-53-39-89(125)113-81(26-18-20-41-105)94(129)112-67(2)93(128)116-84(57-72-61-110-79-35-31-74(103)59-77(72)79)97(132)117-85(96(131)115-82)58-73-62-111-80-36-32-75(104)60-78(73)80/h22,24-25,29-36,55,59-62,67-68,81-86,92,110-111,121-122H,5-21,23,26-28,37-54,56-58,63-66,105H2,1-4H3,(H,106,126)(H,107,123)(H,108,127)(H,109,137)(H,112,129)(H,113,125)(H,114,124)(H,115,131)(H,116,128)(H,117,132)(H,118,133)(H,119,130)(H,135,136)/t67-,68-,81+,82+,83+,84+,85+,86+,92?,102+/m1/s1. The first kappa shape index (κ1) is 117. The van der Waals surface area contributed by atoms with Crippen LogP contribution in [0.5, 0.6) is 5.75 Å². The molecule has 2 aliphatic heterocycles. The molecule has 788 valence electrons. The third-order valence-corrected chi connectivity index (χ3v) is 27.0. The van der Waals surface area contributed by atoms with Crippen molar-refractivity contribution in [2.24, 2.45) is 5.73 Å². The van der Waals surface area contributed by atoms with Gasteiger partial charge >= 0.3 is 5.97 Å². The Bertz CT molecular complexity index is 5050. The number of halogens is 2. The van der Waals surface area contributed by atoms with E-state index in [0.29, 0.717) is 82.8 Å².